The fraction of sp³-hybridized carbons (Fsp3) is 0.381. The molecule has 0 heterocycles. The van der Waals surface area contributed by atoms with Crippen LogP contribution in [0.2, 0.25) is 5.02 Å². The van der Waals surface area contributed by atoms with Crippen LogP contribution in [0.15, 0.2) is 48.5 Å². The third-order valence-corrected chi connectivity index (χ3v) is 4.04. The molecule has 0 fully saturated rings. The van der Waals surface area contributed by atoms with Gasteiger partial charge in [0.1, 0.15) is 18.1 Å². The van der Waals surface area contributed by atoms with Crippen LogP contribution in [0.3, 0.4) is 0 Å². The number of aryl methyl sites for hydroxylation is 1. The molecule has 2 aromatic carbocycles. The molecule has 0 aliphatic heterocycles. The summed E-state index contributed by atoms with van der Waals surface area (Å²) >= 11 is 5.81. The summed E-state index contributed by atoms with van der Waals surface area (Å²) in [4.78, 5) is 11.8. The lowest BCUT2D eigenvalue weighted by Gasteiger charge is -2.09. The van der Waals surface area contributed by atoms with Crippen molar-refractivity contribution < 1.29 is 14.3 Å². The van der Waals surface area contributed by atoms with E-state index in [9.17, 15) is 4.79 Å². The number of amides is 1. The fourth-order valence-electron chi connectivity index (χ4n) is 2.44. The first-order chi connectivity index (χ1) is 12.7. The Kier molecular flexibility index (Phi) is 8.84. The Morgan fingerprint density at radius 1 is 0.962 bits per heavy atom. The first-order valence-electron chi connectivity index (χ1n) is 9.04. The maximum atomic E-state index is 11.8. The minimum Gasteiger partial charge on any atom is -0.494 e. The molecule has 4 nitrogen and oxygen atoms in total. The predicted molar refractivity (Wildman–Crippen MR) is 105 cm³/mol. The van der Waals surface area contributed by atoms with E-state index in [2.05, 4.69) is 24.4 Å². The number of rotatable bonds is 11. The number of hydrogen-bond donors (Lipinski definition) is 1. The second kappa shape index (κ2) is 11.4. The van der Waals surface area contributed by atoms with E-state index in [1.165, 1.54) is 5.56 Å². The maximum Gasteiger partial charge on any atom is 0.220 e. The van der Waals surface area contributed by atoms with Crippen molar-refractivity contribution in [3.05, 3.63) is 59.1 Å². The van der Waals surface area contributed by atoms with Crippen LogP contribution in [0.1, 0.15) is 31.7 Å². The molecule has 0 unspecified atom stereocenters. The molecule has 2 rings (SSSR count). The minimum atomic E-state index is 0.00611. The average molecular weight is 376 g/mol. The van der Waals surface area contributed by atoms with Crippen molar-refractivity contribution in [1.29, 1.82) is 0 Å². The van der Waals surface area contributed by atoms with Crippen molar-refractivity contribution in [3.8, 4) is 11.5 Å². The van der Waals surface area contributed by atoms with Crippen LogP contribution in [-0.4, -0.2) is 25.7 Å². The summed E-state index contributed by atoms with van der Waals surface area (Å²) in [6.45, 7) is 3.61. The van der Waals surface area contributed by atoms with Gasteiger partial charge in [0.2, 0.25) is 5.91 Å². The highest BCUT2D eigenvalue weighted by molar-refractivity contribution is 6.30. The quantitative estimate of drug-likeness (QED) is 0.582. The molecule has 0 bridgehead atoms. The van der Waals surface area contributed by atoms with Gasteiger partial charge in [-0.25, -0.2) is 0 Å². The van der Waals surface area contributed by atoms with Gasteiger partial charge in [-0.3, -0.25) is 4.79 Å². The molecule has 2 aromatic rings. The minimum absolute atomic E-state index is 0.00611. The zero-order valence-corrected chi connectivity index (χ0v) is 15.9. The van der Waals surface area contributed by atoms with Crippen molar-refractivity contribution in [1.82, 2.24) is 5.32 Å². The molecule has 1 amide bonds. The highest BCUT2D eigenvalue weighted by Gasteiger charge is 2.02. The van der Waals surface area contributed by atoms with E-state index in [0.29, 0.717) is 37.6 Å². The largest absolute Gasteiger partial charge is 0.494 e. The monoisotopic (exact) mass is 375 g/mol. The third-order valence-electron chi connectivity index (χ3n) is 3.79. The Bertz CT molecular complexity index is 656. The second-order valence-electron chi connectivity index (χ2n) is 6.00. The van der Waals surface area contributed by atoms with Crippen molar-refractivity contribution in [2.24, 2.45) is 0 Å². The van der Waals surface area contributed by atoms with Gasteiger partial charge >= 0.3 is 0 Å². The topological polar surface area (TPSA) is 47.6 Å². The van der Waals surface area contributed by atoms with Crippen LogP contribution in [0.4, 0.5) is 0 Å². The Labute approximate surface area is 160 Å². The fourth-order valence-corrected chi connectivity index (χ4v) is 2.57. The zero-order chi connectivity index (χ0) is 18.6. The summed E-state index contributed by atoms with van der Waals surface area (Å²) in [5.74, 6) is 1.59. The second-order valence-corrected chi connectivity index (χ2v) is 6.43. The van der Waals surface area contributed by atoms with Crippen molar-refractivity contribution in [2.45, 2.75) is 32.6 Å². The van der Waals surface area contributed by atoms with Crippen molar-refractivity contribution in [2.75, 3.05) is 19.8 Å². The summed E-state index contributed by atoms with van der Waals surface area (Å²) in [6, 6.07) is 15.3. The van der Waals surface area contributed by atoms with Crippen molar-refractivity contribution >= 4 is 17.5 Å². The lowest BCUT2D eigenvalue weighted by atomic mass is 10.1. The molecule has 1 N–H and O–H groups in total. The molecule has 0 atom stereocenters. The molecule has 5 heteroatoms. The maximum absolute atomic E-state index is 11.8. The van der Waals surface area contributed by atoms with Gasteiger partial charge in [-0.05, 0) is 54.8 Å². The molecule has 0 aliphatic carbocycles. The van der Waals surface area contributed by atoms with Gasteiger partial charge in [0.15, 0.2) is 0 Å². The number of benzene rings is 2. The summed E-state index contributed by atoms with van der Waals surface area (Å²) in [7, 11) is 0. The number of halogens is 1. The van der Waals surface area contributed by atoms with Gasteiger partial charge in [-0.2, -0.15) is 0 Å². The number of carbonyl (C=O) groups excluding carboxylic acids is 1. The van der Waals surface area contributed by atoms with Crippen LogP contribution < -0.4 is 14.8 Å². The highest BCUT2D eigenvalue weighted by atomic mass is 35.5. The van der Waals surface area contributed by atoms with Gasteiger partial charge < -0.3 is 14.8 Å². The normalized spacial score (nSPS) is 10.4. The van der Waals surface area contributed by atoms with Crippen LogP contribution in [0.25, 0.3) is 0 Å². The van der Waals surface area contributed by atoms with E-state index in [-0.39, 0.29) is 5.91 Å². The molecule has 0 saturated heterocycles. The van der Waals surface area contributed by atoms with Crippen LogP contribution in [0.5, 0.6) is 11.5 Å². The van der Waals surface area contributed by atoms with E-state index in [1.54, 1.807) is 12.1 Å². The van der Waals surface area contributed by atoms with Gasteiger partial charge in [-0.1, -0.05) is 37.1 Å². The molecule has 0 aliphatic rings. The summed E-state index contributed by atoms with van der Waals surface area (Å²) < 4.78 is 11.2. The zero-order valence-electron chi connectivity index (χ0n) is 15.2. The summed E-state index contributed by atoms with van der Waals surface area (Å²) in [5.41, 5.74) is 1.31. The average Bonchev–Trinajstić information content (AvgIpc) is 2.65. The first-order valence-corrected chi connectivity index (χ1v) is 9.42. The molecule has 140 valence electrons. The van der Waals surface area contributed by atoms with Crippen molar-refractivity contribution in [3.63, 3.8) is 0 Å². The number of nitrogens with one attached hydrogen (secondary N) is 1. The van der Waals surface area contributed by atoms with Crippen LogP contribution in [-0.2, 0) is 11.2 Å². The lowest BCUT2D eigenvalue weighted by molar-refractivity contribution is -0.121. The first kappa shape index (κ1) is 20.1. The van der Waals surface area contributed by atoms with E-state index in [4.69, 9.17) is 21.1 Å². The standard InChI is InChI=1S/C21H26ClNO3/c1-2-4-17-6-10-19(11-7-17)26-16-14-23-21(24)5-3-15-25-20-12-8-18(22)9-13-20/h6-13H,2-5,14-16H2,1H3,(H,23,24). The van der Waals surface area contributed by atoms with Gasteiger partial charge in [0.05, 0.1) is 13.2 Å². The van der Waals surface area contributed by atoms with E-state index < -0.39 is 0 Å². The molecule has 0 aromatic heterocycles. The summed E-state index contributed by atoms with van der Waals surface area (Å²) in [6.07, 6.45) is 3.31. The SMILES string of the molecule is CCCc1ccc(OCCNC(=O)CCCOc2ccc(Cl)cc2)cc1. The number of hydrogen-bond acceptors (Lipinski definition) is 3. The van der Waals surface area contributed by atoms with Gasteiger partial charge in [0, 0.05) is 11.4 Å². The smallest absolute Gasteiger partial charge is 0.220 e. The Morgan fingerprint density at radius 3 is 2.23 bits per heavy atom. The Morgan fingerprint density at radius 2 is 1.58 bits per heavy atom. The number of ether oxygens (including phenoxy) is 2. The highest BCUT2D eigenvalue weighted by Crippen LogP contribution is 2.16. The van der Waals surface area contributed by atoms with E-state index >= 15 is 0 Å². The van der Waals surface area contributed by atoms with Gasteiger partial charge in [0.25, 0.3) is 0 Å². The Hall–Kier alpha value is -2.20. The number of carbonyl (C=O) groups is 1. The predicted octanol–water partition coefficient (Wildman–Crippen LogP) is 4.65. The lowest BCUT2D eigenvalue weighted by Crippen LogP contribution is -2.28. The molecule has 26 heavy (non-hydrogen) atoms. The molecule has 0 radical (unpaired) electrons. The molecular weight excluding hydrogens is 350 g/mol. The van der Waals surface area contributed by atoms with E-state index in [1.807, 2.05) is 24.3 Å². The van der Waals surface area contributed by atoms with Crippen LogP contribution >= 0.6 is 11.6 Å². The third kappa shape index (κ3) is 7.79. The molecular formula is C21H26ClNO3. The Balaban J connectivity index is 1.52. The van der Waals surface area contributed by atoms with E-state index in [0.717, 1.165) is 24.3 Å². The summed E-state index contributed by atoms with van der Waals surface area (Å²) in [5, 5.41) is 3.53. The van der Waals surface area contributed by atoms with Crippen LogP contribution in [0, 0.1) is 0 Å². The van der Waals surface area contributed by atoms with Gasteiger partial charge in [-0.15, -0.1) is 0 Å². The molecule has 0 spiro atoms. The molecule has 0 saturated carbocycles.